The Labute approximate surface area is 125 Å². The number of aryl methyl sites for hydroxylation is 1. The summed E-state index contributed by atoms with van der Waals surface area (Å²) in [6.07, 6.45) is 2.18. The highest BCUT2D eigenvalue weighted by Gasteiger charge is 2.28. The molecule has 0 saturated carbocycles. The topological polar surface area (TPSA) is 0 Å². The maximum Gasteiger partial charge on any atom is -0.000718 e. The van der Waals surface area contributed by atoms with Gasteiger partial charge >= 0.3 is 0 Å². The van der Waals surface area contributed by atoms with Gasteiger partial charge in [0.05, 0.1) is 0 Å². The van der Waals surface area contributed by atoms with Crippen molar-refractivity contribution in [1.82, 2.24) is 0 Å². The Balaban J connectivity index is 1.85. The fraction of sp³-hybridized carbons (Fsp3) is 0.143. The first-order valence-electron chi connectivity index (χ1n) is 7.65. The van der Waals surface area contributed by atoms with Gasteiger partial charge in [-0.3, -0.25) is 0 Å². The van der Waals surface area contributed by atoms with Gasteiger partial charge in [0.2, 0.25) is 0 Å². The number of fused-ring (bicyclic) bond motifs is 7. The van der Waals surface area contributed by atoms with Crippen molar-refractivity contribution in [3.8, 4) is 22.3 Å². The van der Waals surface area contributed by atoms with Crippen LogP contribution in [0.3, 0.4) is 0 Å². The van der Waals surface area contributed by atoms with Crippen molar-refractivity contribution < 1.29 is 0 Å². The Morgan fingerprint density at radius 3 is 2.38 bits per heavy atom. The maximum absolute atomic E-state index is 2.34. The molecule has 0 heteroatoms. The lowest BCUT2D eigenvalue weighted by Gasteiger charge is -2.11. The predicted molar refractivity (Wildman–Crippen MR) is 87.7 cm³/mol. The van der Waals surface area contributed by atoms with E-state index in [1.807, 2.05) is 0 Å². The molecule has 5 rings (SSSR count). The fourth-order valence-electron chi connectivity index (χ4n) is 4.16. The smallest absolute Gasteiger partial charge is 0.000718 e. The molecular formula is C21H16. The number of rotatable bonds is 0. The molecule has 0 saturated heterocycles. The van der Waals surface area contributed by atoms with Gasteiger partial charge < -0.3 is 0 Å². The third-order valence-electron chi connectivity index (χ3n) is 5.06. The molecule has 0 nitrogen and oxygen atoms in total. The summed E-state index contributed by atoms with van der Waals surface area (Å²) in [5.74, 6) is 0. The molecule has 0 radical (unpaired) electrons. The summed E-state index contributed by atoms with van der Waals surface area (Å²) in [6.45, 7) is 2.25. The first kappa shape index (κ1) is 11.3. The minimum Gasteiger partial charge on any atom is -0.0619 e. The zero-order valence-electron chi connectivity index (χ0n) is 12.1. The van der Waals surface area contributed by atoms with E-state index in [1.54, 1.807) is 5.56 Å². The van der Waals surface area contributed by atoms with E-state index in [0.29, 0.717) is 0 Å². The summed E-state index contributed by atoms with van der Waals surface area (Å²) < 4.78 is 0. The van der Waals surface area contributed by atoms with Crippen molar-refractivity contribution in [3.63, 3.8) is 0 Å². The molecule has 21 heavy (non-hydrogen) atoms. The van der Waals surface area contributed by atoms with Crippen molar-refractivity contribution in [1.29, 1.82) is 0 Å². The van der Waals surface area contributed by atoms with Gasteiger partial charge in [0, 0.05) is 0 Å². The molecule has 0 bridgehead atoms. The second-order valence-electron chi connectivity index (χ2n) is 6.25. The zero-order chi connectivity index (χ0) is 14.0. The molecule has 3 aromatic rings. The monoisotopic (exact) mass is 268 g/mol. The van der Waals surface area contributed by atoms with Gasteiger partial charge in [0.15, 0.2) is 0 Å². The molecular weight excluding hydrogens is 252 g/mol. The Morgan fingerprint density at radius 2 is 1.43 bits per heavy atom. The highest BCUT2D eigenvalue weighted by molar-refractivity contribution is 5.90. The van der Waals surface area contributed by atoms with Crippen LogP contribution in [0.5, 0.6) is 0 Å². The molecule has 0 heterocycles. The molecule has 0 unspecified atom stereocenters. The van der Waals surface area contributed by atoms with Crippen LogP contribution >= 0.6 is 0 Å². The molecule has 100 valence electrons. The van der Waals surface area contributed by atoms with Gasteiger partial charge in [0.25, 0.3) is 0 Å². The molecule has 0 atom stereocenters. The van der Waals surface area contributed by atoms with E-state index in [9.17, 15) is 0 Å². The van der Waals surface area contributed by atoms with Crippen LogP contribution in [0.1, 0.15) is 27.8 Å². The summed E-state index contributed by atoms with van der Waals surface area (Å²) in [5.41, 5.74) is 13.3. The summed E-state index contributed by atoms with van der Waals surface area (Å²) in [6, 6.07) is 20.2. The first-order chi connectivity index (χ1) is 10.3. The SMILES string of the molecule is Cc1cccc2c1-c1c(ccc3c1Cc1ccccc1-3)C2. The second-order valence-corrected chi connectivity index (χ2v) is 6.25. The van der Waals surface area contributed by atoms with Crippen LogP contribution in [-0.4, -0.2) is 0 Å². The van der Waals surface area contributed by atoms with E-state index in [4.69, 9.17) is 0 Å². The van der Waals surface area contributed by atoms with E-state index in [-0.39, 0.29) is 0 Å². The number of benzene rings is 3. The average molecular weight is 268 g/mol. The van der Waals surface area contributed by atoms with Gasteiger partial charge in [-0.2, -0.15) is 0 Å². The van der Waals surface area contributed by atoms with E-state index >= 15 is 0 Å². The summed E-state index contributed by atoms with van der Waals surface area (Å²) in [4.78, 5) is 0. The van der Waals surface area contributed by atoms with Crippen LogP contribution in [0, 0.1) is 6.92 Å². The van der Waals surface area contributed by atoms with Crippen molar-refractivity contribution in [2.45, 2.75) is 19.8 Å². The van der Waals surface area contributed by atoms with Crippen molar-refractivity contribution in [3.05, 3.63) is 82.4 Å². The van der Waals surface area contributed by atoms with Gasteiger partial charge in [0.1, 0.15) is 0 Å². The Kier molecular flexibility index (Phi) is 2.08. The van der Waals surface area contributed by atoms with E-state index < -0.39 is 0 Å². The Morgan fingerprint density at radius 1 is 0.619 bits per heavy atom. The Hall–Kier alpha value is -2.34. The van der Waals surface area contributed by atoms with Crippen LogP contribution in [0.25, 0.3) is 22.3 Å². The van der Waals surface area contributed by atoms with E-state index in [2.05, 4.69) is 61.5 Å². The van der Waals surface area contributed by atoms with Crippen LogP contribution in [-0.2, 0) is 12.8 Å². The quantitative estimate of drug-likeness (QED) is 0.365. The normalized spacial score (nSPS) is 13.6. The maximum atomic E-state index is 2.34. The fourth-order valence-corrected chi connectivity index (χ4v) is 4.16. The molecule has 2 aliphatic carbocycles. The van der Waals surface area contributed by atoms with Crippen molar-refractivity contribution in [2.24, 2.45) is 0 Å². The third kappa shape index (κ3) is 1.40. The molecule has 2 aliphatic rings. The van der Waals surface area contributed by atoms with E-state index in [1.165, 1.54) is 44.5 Å². The molecule has 0 N–H and O–H groups in total. The van der Waals surface area contributed by atoms with Crippen LogP contribution in [0.15, 0.2) is 54.6 Å². The number of hydrogen-bond donors (Lipinski definition) is 0. The number of hydrogen-bond acceptors (Lipinski definition) is 0. The van der Waals surface area contributed by atoms with Gasteiger partial charge in [-0.25, -0.2) is 0 Å². The molecule has 0 aliphatic heterocycles. The highest BCUT2D eigenvalue weighted by atomic mass is 14.3. The zero-order valence-corrected chi connectivity index (χ0v) is 12.1. The predicted octanol–water partition coefficient (Wildman–Crippen LogP) is 5.14. The van der Waals surface area contributed by atoms with Gasteiger partial charge in [-0.05, 0) is 69.8 Å². The van der Waals surface area contributed by atoms with Crippen LogP contribution in [0.4, 0.5) is 0 Å². The lowest BCUT2D eigenvalue weighted by Crippen LogP contribution is -1.90. The molecule has 0 fully saturated rings. The van der Waals surface area contributed by atoms with Gasteiger partial charge in [-0.1, -0.05) is 54.6 Å². The van der Waals surface area contributed by atoms with Crippen molar-refractivity contribution >= 4 is 0 Å². The standard InChI is InChI=1S/C21H16/c1-13-5-4-7-15-11-16-9-10-18-17-8-3-2-6-14(17)12-19(18)21(16)20(13)15/h2-10H,11-12H2,1H3. The van der Waals surface area contributed by atoms with Crippen molar-refractivity contribution in [2.75, 3.05) is 0 Å². The second kappa shape index (κ2) is 3.85. The minimum atomic E-state index is 1.09. The lowest BCUT2D eigenvalue weighted by atomic mass is 9.93. The molecule has 0 spiro atoms. The minimum absolute atomic E-state index is 1.09. The van der Waals surface area contributed by atoms with E-state index in [0.717, 1.165) is 12.8 Å². The molecule has 0 amide bonds. The highest BCUT2D eigenvalue weighted by Crippen LogP contribution is 2.48. The average Bonchev–Trinajstić information content (AvgIpc) is 3.05. The summed E-state index contributed by atoms with van der Waals surface area (Å²) in [5, 5.41) is 0. The summed E-state index contributed by atoms with van der Waals surface area (Å²) >= 11 is 0. The van der Waals surface area contributed by atoms with Gasteiger partial charge in [-0.15, -0.1) is 0 Å². The largest absolute Gasteiger partial charge is 0.0619 e. The lowest BCUT2D eigenvalue weighted by molar-refractivity contribution is 1.23. The third-order valence-corrected chi connectivity index (χ3v) is 5.06. The summed E-state index contributed by atoms with van der Waals surface area (Å²) in [7, 11) is 0. The first-order valence-corrected chi connectivity index (χ1v) is 7.65. The molecule has 0 aromatic heterocycles. The van der Waals surface area contributed by atoms with Crippen LogP contribution < -0.4 is 0 Å². The van der Waals surface area contributed by atoms with Crippen LogP contribution in [0.2, 0.25) is 0 Å². The Bertz CT molecular complexity index is 900. The molecule has 3 aromatic carbocycles.